The lowest BCUT2D eigenvalue weighted by Gasteiger charge is -2.08. The number of halogens is 2. The predicted octanol–water partition coefficient (Wildman–Crippen LogP) is 4.34. The summed E-state index contributed by atoms with van der Waals surface area (Å²) in [6.07, 6.45) is 0. The van der Waals surface area contributed by atoms with Gasteiger partial charge in [0.1, 0.15) is 11.5 Å². The maximum atomic E-state index is 12.2. The molecule has 0 aliphatic carbocycles. The van der Waals surface area contributed by atoms with Gasteiger partial charge in [0.15, 0.2) is 11.0 Å². The van der Waals surface area contributed by atoms with E-state index in [-0.39, 0.29) is 17.4 Å². The number of nitrogens with one attached hydrogen (secondary N) is 1. The Bertz CT molecular complexity index is 1030. The Kier molecular flexibility index (Phi) is 6.48. The van der Waals surface area contributed by atoms with Gasteiger partial charge >= 0.3 is 0 Å². The Balaban J connectivity index is 1.67. The van der Waals surface area contributed by atoms with E-state index in [1.54, 1.807) is 48.0 Å². The van der Waals surface area contributed by atoms with E-state index in [9.17, 15) is 9.90 Å². The fourth-order valence-electron chi connectivity index (χ4n) is 2.43. The number of thioether (sulfide) groups is 1. The van der Waals surface area contributed by atoms with Crippen LogP contribution in [0.5, 0.6) is 11.5 Å². The number of rotatable bonds is 6. The molecule has 1 heterocycles. The first kappa shape index (κ1) is 20.5. The lowest BCUT2D eigenvalue weighted by atomic mass is 10.2. The number of methoxy groups -OCH3 is 1. The number of nitrogens with zero attached hydrogens (tertiary/aromatic N) is 3. The maximum Gasteiger partial charge on any atom is 0.234 e. The van der Waals surface area contributed by atoms with Crippen molar-refractivity contribution in [2.45, 2.75) is 5.16 Å². The highest BCUT2D eigenvalue weighted by Gasteiger charge is 2.16. The van der Waals surface area contributed by atoms with E-state index in [1.165, 1.54) is 18.9 Å². The van der Waals surface area contributed by atoms with Crippen molar-refractivity contribution >= 4 is 50.9 Å². The highest BCUT2D eigenvalue weighted by Crippen LogP contribution is 2.32. The number of benzene rings is 2. The minimum atomic E-state index is -0.207. The molecule has 0 atom stereocenters. The molecule has 0 unspecified atom stereocenters. The van der Waals surface area contributed by atoms with Gasteiger partial charge in [-0.2, -0.15) is 0 Å². The fourth-order valence-corrected chi connectivity index (χ4v) is 3.76. The molecule has 10 heteroatoms. The molecule has 0 radical (unpaired) electrons. The second-order valence-electron chi connectivity index (χ2n) is 5.71. The normalized spacial score (nSPS) is 10.7. The second kappa shape index (κ2) is 8.85. The average Bonchev–Trinajstić information content (AvgIpc) is 3.02. The molecular weight excluding hydrogens is 468 g/mol. The van der Waals surface area contributed by atoms with Gasteiger partial charge in [-0.05, 0) is 36.4 Å². The Morgan fingerprint density at radius 2 is 2.11 bits per heavy atom. The quantitative estimate of drug-likeness (QED) is 0.507. The molecule has 3 rings (SSSR count). The molecule has 0 aliphatic rings. The van der Waals surface area contributed by atoms with Crippen LogP contribution in [0.3, 0.4) is 0 Å². The molecular formula is C18H16BrClN4O3S. The Labute approximate surface area is 179 Å². The highest BCUT2D eigenvalue weighted by atomic mass is 79.9. The van der Waals surface area contributed by atoms with E-state index in [1.807, 2.05) is 0 Å². The summed E-state index contributed by atoms with van der Waals surface area (Å²) in [7, 11) is 3.30. The van der Waals surface area contributed by atoms with Crippen LogP contribution in [0.25, 0.3) is 11.4 Å². The molecule has 2 aromatic carbocycles. The molecule has 3 aromatic rings. The van der Waals surface area contributed by atoms with Crippen LogP contribution in [0.4, 0.5) is 5.69 Å². The summed E-state index contributed by atoms with van der Waals surface area (Å²) in [5.74, 6) is 1.07. The maximum absolute atomic E-state index is 12.2. The lowest BCUT2D eigenvalue weighted by molar-refractivity contribution is -0.113. The first-order valence-electron chi connectivity index (χ1n) is 8.03. The highest BCUT2D eigenvalue weighted by molar-refractivity contribution is 9.10. The zero-order chi connectivity index (χ0) is 20.3. The Morgan fingerprint density at radius 3 is 2.82 bits per heavy atom. The lowest BCUT2D eigenvalue weighted by Crippen LogP contribution is -2.14. The Morgan fingerprint density at radius 1 is 1.32 bits per heavy atom. The average molecular weight is 484 g/mol. The van der Waals surface area contributed by atoms with E-state index in [4.69, 9.17) is 16.3 Å². The third-order valence-electron chi connectivity index (χ3n) is 3.80. The molecule has 146 valence electrons. The van der Waals surface area contributed by atoms with Crippen molar-refractivity contribution in [3.8, 4) is 22.9 Å². The fraction of sp³-hybridized carbons (Fsp3) is 0.167. The van der Waals surface area contributed by atoms with Gasteiger partial charge in [0, 0.05) is 17.2 Å². The van der Waals surface area contributed by atoms with E-state index < -0.39 is 0 Å². The monoisotopic (exact) mass is 482 g/mol. The van der Waals surface area contributed by atoms with Crippen LogP contribution in [0.15, 0.2) is 46.0 Å². The number of carbonyl (C=O) groups is 1. The van der Waals surface area contributed by atoms with Gasteiger partial charge in [-0.1, -0.05) is 39.3 Å². The molecule has 1 aromatic heterocycles. The number of hydrogen-bond acceptors (Lipinski definition) is 6. The van der Waals surface area contributed by atoms with Crippen molar-refractivity contribution < 1.29 is 14.6 Å². The number of aromatic hydroxyl groups is 1. The molecule has 28 heavy (non-hydrogen) atoms. The number of hydrogen-bond donors (Lipinski definition) is 2. The van der Waals surface area contributed by atoms with Gasteiger partial charge in [-0.3, -0.25) is 4.79 Å². The van der Waals surface area contributed by atoms with Crippen molar-refractivity contribution in [3.05, 3.63) is 45.9 Å². The topological polar surface area (TPSA) is 89.3 Å². The zero-order valence-electron chi connectivity index (χ0n) is 14.9. The van der Waals surface area contributed by atoms with Crippen LogP contribution in [0.2, 0.25) is 5.02 Å². The summed E-state index contributed by atoms with van der Waals surface area (Å²) in [5.41, 5.74) is 1.13. The summed E-state index contributed by atoms with van der Waals surface area (Å²) >= 11 is 10.7. The van der Waals surface area contributed by atoms with Crippen LogP contribution < -0.4 is 10.1 Å². The van der Waals surface area contributed by atoms with Crippen LogP contribution in [-0.2, 0) is 11.8 Å². The summed E-state index contributed by atoms with van der Waals surface area (Å²) in [5, 5.41) is 22.1. The van der Waals surface area contributed by atoms with Gasteiger partial charge in [-0.25, -0.2) is 0 Å². The van der Waals surface area contributed by atoms with Crippen LogP contribution >= 0.6 is 39.3 Å². The third kappa shape index (κ3) is 4.60. The number of ether oxygens (including phenoxy) is 1. The van der Waals surface area contributed by atoms with Gasteiger partial charge in [0.25, 0.3) is 0 Å². The van der Waals surface area contributed by atoms with E-state index in [0.717, 1.165) is 4.47 Å². The smallest absolute Gasteiger partial charge is 0.234 e. The van der Waals surface area contributed by atoms with Gasteiger partial charge < -0.3 is 19.7 Å². The summed E-state index contributed by atoms with van der Waals surface area (Å²) in [6, 6.07) is 10.1. The number of aromatic nitrogens is 3. The van der Waals surface area contributed by atoms with Crippen molar-refractivity contribution in [1.82, 2.24) is 14.8 Å². The van der Waals surface area contributed by atoms with Crippen molar-refractivity contribution in [1.29, 1.82) is 0 Å². The van der Waals surface area contributed by atoms with Gasteiger partial charge in [0.2, 0.25) is 5.91 Å². The molecule has 0 saturated carbocycles. The third-order valence-corrected chi connectivity index (χ3v) is 5.61. The minimum absolute atomic E-state index is 0.101. The molecule has 0 fully saturated rings. The number of anilines is 1. The van der Waals surface area contributed by atoms with Gasteiger partial charge in [0.05, 0.1) is 23.4 Å². The largest absolute Gasteiger partial charge is 0.507 e. The zero-order valence-corrected chi connectivity index (χ0v) is 18.1. The molecule has 1 amide bonds. The first-order valence-corrected chi connectivity index (χ1v) is 10.2. The first-order chi connectivity index (χ1) is 13.4. The molecule has 0 bridgehead atoms. The summed E-state index contributed by atoms with van der Waals surface area (Å²) in [4.78, 5) is 12.2. The van der Waals surface area contributed by atoms with E-state index >= 15 is 0 Å². The Hall–Kier alpha value is -2.23. The van der Waals surface area contributed by atoms with Crippen molar-refractivity contribution in [3.63, 3.8) is 0 Å². The number of phenolic OH excluding ortho intramolecular Hbond substituents is 1. The SMILES string of the molecule is COc1ccc(NC(=O)CSc2nnc(-c3cc(Br)ccc3O)n2C)cc1Cl. The van der Waals surface area contributed by atoms with Crippen LogP contribution in [0.1, 0.15) is 0 Å². The molecule has 7 nitrogen and oxygen atoms in total. The van der Waals surface area contributed by atoms with Crippen LogP contribution in [-0.4, -0.2) is 38.6 Å². The molecule has 0 spiro atoms. The molecule has 0 aliphatic heterocycles. The van der Waals surface area contributed by atoms with Crippen molar-refractivity contribution in [2.75, 3.05) is 18.2 Å². The second-order valence-corrected chi connectivity index (χ2v) is 7.98. The van der Waals surface area contributed by atoms with Crippen LogP contribution in [0, 0.1) is 0 Å². The van der Waals surface area contributed by atoms with E-state index in [0.29, 0.717) is 33.0 Å². The number of phenols is 1. The standard InChI is InChI=1S/C18H16BrClN4O3S/c1-24-17(12-7-10(19)3-5-14(12)25)22-23-18(24)28-9-16(26)21-11-4-6-15(27-2)13(20)8-11/h3-8,25H,9H2,1-2H3,(H,21,26). The minimum Gasteiger partial charge on any atom is -0.507 e. The molecule has 0 saturated heterocycles. The molecule has 2 N–H and O–H groups in total. The number of carbonyl (C=O) groups excluding carboxylic acids is 1. The predicted molar refractivity (Wildman–Crippen MR) is 113 cm³/mol. The number of amides is 1. The van der Waals surface area contributed by atoms with Crippen molar-refractivity contribution in [2.24, 2.45) is 7.05 Å². The van der Waals surface area contributed by atoms with E-state index in [2.05, 4.69) is 31.4 Å². The van der Waals surface area contributed by atoms with Gasteiger partial charge in [-0.15, -0.1) is 10.2 Å². The summed E-state index contributed by atoms with van der Waals surface area (Å²) < 4.78 is 7.63. The summed E-state index contributed by atoms with van der Waals surface area (Å²) in [6.45, 7) is 0.